The summed E-state index contributed by atoms with van der Waals surface area (Å²) < 4.78 is 1.67. The summed E-state index contributed by atoms with van der Waals surface area (Å²) in [6.07, 6.45) is 0.848. The molecule has 0 spiro atoms. The maximum atomic E-state index is 13.0. The molecule has 0 atom stereocenters. The number of hydrogen-bond acceptors (Lipinski definition) is 5. The number of benzene rings is 2. The molecule has 0 aliphatic heterocycles. The first kappa shape index (κ1) is 22.6. The van der Waals surface area contributed by atoms with E-state index < -0.39 is 0 Å². The lowest BCUT2D eigenvalue weighted by atomic mass is 10.1. The smallest absolute Gasteiger partial charge is 0.262 e. The van der Waals surface area contributed by atoms with Crippen LogP contribution in [0.1, 0.15) is 27.2 Å². The van der Waals surface area contributed by atoms with Crippen LogP contribution in [0, 0.1) is 5.92 Å². The van der Waals surface area contributed by atoms with Crippen LogP contribution in [0.4, 0.5) is 11.4 Å². The quantitative estimate of drug-likeness (QED) is 0.407. The molecule has 0 aliphatic carbocycles. The minimum absolute atomic E-state index is 0.0808. The molecule has 2 aromatic carbocycles. The zero-order valence-electron chi connectivity index (χ0n) is 17.8. The Bertz CT molecular complexity index is 1140. The predicted octanol–water partition coefficient (Wildman–Crippen LogP) is 4.13. The highest BCUT2D eigenvalue weighted by molar-refractivity contribution is 7.99. The monoisotopic (exact) mass is 438 g/mol. The number of thioether (sulfide) groups is 1. The van der Waals surface area contributed by atoms with Crippen molar-refractivity contribution in [1.29, 1.82) is 0 Å². The van der Waals surface area contributed by atoms with E-state index in [0.717, 1.165) is 6.42 Å². The van der Waals surface area contributed by atoms with Gasteiger partial charge >= 0.3 is 0 Å². The molecule has 0 aliphatic rings. The van der Waals surface area contributed by atoms with Crippen molar-refractivity contribution in [3.8, 4) is 0 Å². The van der Waals surface area contributed by atoms with E-state index in [2.05, 4.69) is 29.5 Å². The zero-order chi connectivity index (χ0) is 22.4. The Kier molecular flexibility index (Phi) is 7.46. The van der Waals surface area contributed by atoms with E-state index in [1.165, 1.54) is 18.7 Å². The topological polar surface area (TPSA) is 93.1 Å². The minimum atomic E-state index is -0.199. The van der Waals surface area contributed by atoms with Gasteiger partial charge in [0.2, 0.25) is 11.8 Å². The van der Waals surface area contributed by atoms with Crippen LogP contribution in [0.15, 0.2) is 58.5 Å². The average Bonchev–Trinajstić information content (AvgIpc) is 2.72. The van der Waals surface area contributed by atoms with Crippen LogP contribution in [0.3, 0.4) is 0 Å². The molecule has 1 aromatic heterocycles. The van der Waals surface area contributed by atoms with Gasteiger partial charge < -0.3 is 10.6 Å². The summed E-state index contributed by atoms with van der Waals surface area (Å²) in [6.45, 7) is 6.21. The lowest BCUT2D eigenvalue weighted by molar-refractivity contribution is -0.114. The van der Waals surface area contributed by atoms with E-state index in [9.17, 15) is 14.4 Å². The van der Waals surface area contributed by atoms with Crippen molar-refractivity contribution in [1.82, 2.24) is 9.55 Å². The highest BCUT2D eigenvalue weighted by Gasteiger charge is 2.14. The normalized spacial score (nSPS) is 11.0. The van der Waals surface area contributed by atoms with Crippen molar-refractivity contribution >= 4 is 45.9 Å². The second-order valence-corrected chi connectivity index (χ2v) is 8.59. The molecule has 162 valence electrons. The van der Waals surface area contributed by atoms with Crippen LogP contribution in [0.25, 0.3) is 10.9 Å². The molecule has 1 heterocycles. The third-order valence-electron chi connectivity index (χ3n) is 4.58. The van der Waals surface area contributed by atoms with E-state index >= 15 is 0 Å². The molecule has 8 heteroatoms. The Morgan fingerprint density at radius 1 is 1.03 bits per heavy atom. The SMILES string of the molecule is CC(=O)Nc1ccc(NC(=O)CSc2nc3ccccc3c(=O)n2CCC(C)C)cc1. The van der Waals surface area contributed by atoms with E-state index in [1.54, 1.807) is 34.9 Å². The van der Waals surface area contributed by atoms with Crippen molar-refractivity contribution in [3.63, 3.8) is 0 Å². The van der Waals surface area contributed by atoms with Gasteiger partial charge in [-0.2, -0.15) is 0 Å². The molecule has 0 unspecified atom stereocenters. The number of hydrogen-bond donors (Lipinski definition) is 2. The Balaban J connectivity index is 1.73. The Labute approximate surface area is 185 Å². The van der Waals surface area contributed by atoms with Gasteiger partial charge in [-0.05, 0) is 48.7 Å². The number of carbonyl (C=O) groups is 2. The molecule has 0 fully saturated rings. The standard InChI is InChI=1S/C23H26N4O3S/c1-15(2)12-13-27-22(30)19-6-4-5-7-20(19)26-23(27)31-14-21(29)25-18-10-8-17(9-11-18)24-16(3)28/h4-11,15H,12-14H2,1-3H3,(H,24,28)(H,25,29). The summed E-state index contributed by atoms with van der Waals surface area (Å²) in [5.41, 5.74) is 1.84. The third kappa shape index (κ3) is 6.18. The largest absolute Gasteiger partial charge is 0.326 e. The molecular formula is C23H26N4O3S. The number of para-hydroxylation sites is 1. The predicted molar refractivity (Wildman–Crippen MR) is 126 cm³/mol. The van der Waals surface area contributed by atoms with Crippen molar-refractivity contribution in [2.45, 2.75) is 38.9 Å². The highest BCUT2D eigenvalue weighted by Crippen LogP contribution is 2.20. The lowest BCUT2D eigenvalue weighted by Crippen LogP contribution is -2.25. The Morgan fingerprint density at radius 3 is 2.32 bits per heavy atom. The van der Waals surface area contributed by atoms with Gasteiger partial charge in [-0.3, -0.25) is 19.0 Å². The Morgan fingerprint density at radius 2 is 1.68 bits per heavy atom. The van der Waals surface area contributed by atoms with Crippen LogP contribution < -0.4 is 16.2 Å². The second-order valence-electron chi connectivity index (χ2n) is 7.65. The molecule has 31 heavy (non-hydrogen) atoms. The fourth-order valence-corrected chi connectivity index (χ4v) is 3.83. The van der Waals surface area contributed by atoms with Crippen LogP contribution >= 0.6 is 11.8 Å². The number of nitrogens with one attached hydrogen (secondary N) is 2. The van der Waals surface area contributed by atoms with Gasteiger partial charge in [0, 0.05) is 24.8 Å². The number of nitrogens with zero attached hydrogens (tertiary/aromatic N) is 2. The maximum absolute atomic E-state index is 13.0. The molecule has 2 amide bonds. The van der Waals surface area contributed by atoms with Crippen molar-refractivity contribution < 1.29 is 9.59 Å². The zero-order valence-corrected chi connectivity index (χ0v) is 18.7. The van der Waals surface area contributed by atoms with Crippen LogP contribution in [0.5, 0.6) is 0 Å². The fraction of sp³-hybridized carbons (Fsp3) is 0.304. The van der Waals surface area contributed by atoms with Crippen molar-refractivity contribution in [2.75, 3.05) is 16.4 Å². The first-order valence-electron chi connectivity index (χ1n) is 10.1. The first-order valence-corrected chi connectivity index (χ1v) is 11.1. The van der Waals surface area contributed by atoms with E-state index in [1.807, 2.05) is 18.2 Å². The molecule has 0 bridgehead atoms. The van der Waals surface area contributed by atoms with Crippen LogP contribution in [-0.2, 0) is 16.1 Å². The molecule has 3 aromatic rings. The highest BCUT2D eigenvalue weighted by atomic mass is 32.2. The molecule has 2 N–H and O–H groups in total. The summed E-state index contributed by atoms with van der Waals surface area (Å²) in [7, 11) is 0. The number of aromatic nitrogens is 2. The number of anilines is 2. The molecule has 0 saturated heterocycles. The minimum Gasteiger partial charge on any atom is -0.326 e. The van der Waals surface area contributed by atoms with Crippen molar-refractivity contribution in [2.24, 2.45) is 5.92 Å². The number of amides is 2. The number of fused-ring (bicyclic) bond motifs is 1. The van der Waals surface area contributed by atoms with Gasteiger partial charge in [-0.25, -0.2) is 4.98 Å². The van der Waals surface area contributed by atoms with Crippen molar-refractivity contribution in [3.05, 3.63) is 58.9 Å². The number of rotatable bonds is 8. The molecule has 0 radical (unpaired) electrons. The van der Waals surface area contributed by atoms with Crippen LogP contribution in [0.2, 0.25) is 0 Å². The average molecular weight is 439 g/mol. The maximum Gasteiger partial charge on any atom is 0.262 e. The molecule has 7 nitrogen and oxygen atoms in total. The van der Waals surface area contributed by atoms with Gasteiger partial charge in [0.15, 0.2) is 5.16 Å². The lowest BCUT2D eigenvalue weighted by Gasteiger charge is -2.14. The van der Waals surface area contributed by atoms with E-state index in [-0.39, 0.29) is 23.1 Å². The van der Waals surface area contributed by atoms with Gasteiger partial charge in [0.1, 0.15) is 0 Å². The van der Waals surface area contributed by atoms with E-state index in [0.29, 0.717) is 39.9 Å². The summed E-state index contributed by atoms with van der Waals surface area (Å²) >= 11 is 1.25. The molecule has 3 rings (SSSR count). The van der Waals surface area contributed by atoms with Gasteiger partial charge in [0.05, 0.1) is 16.7 Å². The summed E-state index contributed by atoms with van der Waals surface area (Å²) in [5, 5.41) is 6.63. The van der Waals surface area contributed by atoms with Crippen LogP contribution in [-0.4, -0.2) is 27.1 Å². The third-order valence-corrected chi connectivity index (χ3v) is 5.55. The van der Waals surface area contributed by atoms with Gasteiger partial charge in [0.25, 0.3) is 5.56 Å². The second kappa shape index (κ2) is 10.3. The molecule has 0 saturated carbocycles. The summed E-state index contributed by atoms with van der Waals surface area (Å²) in [6, 6.07) is 14.2. The van der Waals surface area contributed by atoms with Gasteiger partial charge in [-0.1, -0.05) is 37.7 Å². The fourth-order valence-electron chi connectivity index (χ4n) is 3.01. The summed E-state index contributed by atoms with van der Waals surface area (Å²) in [4.78, 5) is 41.2. The first-order chi connectivity index (χ1) is 14.8. The Hall–Kier alpha value is -3.13. The van der Waals surface area contributed by atoms with Gasteiger partial charge in [-0.15, -0.1) is 0 Å². The molecular weight excluding hydrogens is 412 g/mol. The summed E-state index contributed by atoms with van der Waals surface area (Å²) in [5.74, 6) is 0.217. The number of carbonyl (C=O) groups excluding carboxylic acids is 2. The van der Waals surface area contributed by atoms with E-state index in [4.69, 9.17) is 0 Å².